The lowest BCUT2D eigenvalue weighted by molar-refractivity contribution is -0.118. The summed E-state index contributed by atoms with van der Waals surface area (Å²) in [4.78, 5) is 32.0. The van der Waals surface area contributed by atoms with Crippen molar-refractivity contribution in [1.29, 1.82) is 0 Å². The molecule has 1 amide bonds. The number of rotatable bonds is 9. The predicted octanol–water partition coefficient (Wildman–Crippen LogP) is 6.47. The lowest BCUT2D eigenvalue weighted by Gasteiger charge is -2.28. The lowest BCUT2D eigenvalue weighted by Crippen LogP contribution is -2.29. The van der Waals surface area contributed by atoms with Gasteiger partial charge in [0.25, 0.3) is 5.91 Å². The topological polar surface area (TPSA) is 97.7 Å². The number of pyridine rings is 1. The molecule has 9 nitrogen and oxygen atoms in total. The van der Waals surface area contributed by atoms with Crippen molar-refractivity contribution in [3.05, 3.63) is 138 Å². The summed E-state index contributed by atoms with van der Waals surface area (Å²) in [5.41, 5.74) is 6.48. The van der Waals surface area contributed by atoms with Crippen LogP contribution in [-0.4, -0.2) is 40.3 Å². The highest BCUT2D eigenvalue weighted by Crippen LogP contribution is 2.44. The van der Waals surface area contributed by atoms with Crippen molar-refractivity contribution in [2.75, 3.05) is 23.9 Å². The van der Waals surface area contributed by atoms with Crippen molar-refractivity contribution in [3.8, 4) is 11.4 Å². The number of carbonyl (C=O) groups is 2. The lowest BCUT2D eigenvalue weighted by atomic mass is 9.96. The van der Waals surface area contributed by atoms with Crippen LogP contribution in [0.1, 0.15) is 45.1 Å². The van der Waals surface area contributed by atoms with Gasteiger partial charge in [0.05, 0.1) is 36.1 Å². The fraction of sp³-hybridized carbons (Fsp3) is 0.167. The van der Waals surface area contributed by atoms with E-state index in [0.29, 0.717) is 22.1 Å². The molecule has 0 bridgehead atoms. The third-order valence-corrected chi connectivity index (χ3v) is 8.29. The van der Waals surface area contributed by atoms with Crippen LogP contribution in [0.25, 0.3) is 5.69 Å². The number of carbonyl (C=O) groups excluding carboxylic acids is 2. The van der Waals surface area contributed by atoms with E-state index in [9.17, 15) is 9.59 Å². The van der Waals surface area contributed by atoms with Crippen LogP contribution in [0.4, 0.5) is 11.4 Å². The van der Waals surface area contributed by atoms with Gasteiger partial charge in [-0.25, -0.2) is 4.79 Å². The van der Waals surface area contributed by atoms with Crippen LogP contribution >= 0.6 is 12.2 Å². The summed E-state index contributed by atoms with van der Waals surface area (Å²) >= 11 is 5.94. The number of ether oxygens (including phenoxy) is 2. The number of hydrogen-bond acceptors (Lipinski definition) is 6. The Labute approximate surface area is 272 Å². The quantitative estimate of drug-likeness (QED) is 0.141. The van der Waals surface area contributed by atoms with Gasteiger partial charge in [-0.1, -0.05) is 36.4 Å². The van der Waals surface area contributed by atoms with Crippen LogP contribution < -0.4 is 20.3 Å². The molecule has 1 aliphatic heterocycles. The molecule has 0 saturated carbocycles. The summed E-state index contributed by atoms with van der Waals surface area (Å²) in [6, 6.07) is 31.6. The molecule has 2 aromatic heterocycles. The maximum atomic E-state index is 12.7. The summed E-state index contributed by atoms with van der Waals surface area (Å²) in [6.07, 6.45) is 1.77. The smallest absolute Gasteiger partial charge is 0.339 e. The SMILES string of the molecule is COC(=O)c1ccccc1-n1c(C)cc([C@@H]2[C@H](c3ccccn3)NC(=S)N2c2ccc(NC(=O)COc3ccccc3)cc2)c1C. The van der Waals surface area contributed by atoms with E-state index in [1.807, 2.05) is 92.7 Å². The number of hydrogen-bond donors (Lipinski definition) is 2. The van der Waals surface area contributed by atoms with Crippen molar-refractivity contribution in [3.63, 3.8) is 0 Å². The van der Waals surface area contributed by atoms with Gasteiger partial charge in [-0.05, 0) is 98.4 Å². The van der Waals surface area contributed by atoms with Crippen LogP contribution in [0.5, 0.6) is 5.75 Å². The van der Waals surface area contributed by atoms with Crippen molar-refractivity contribution in [2.45, 2.75) is 25.9 Å². The molecule has 1 fully saturated rings. The third kappa shape index (κ3) is 6.07. The molecule has 232 valence electrons. The van der Waals surface area contributed by atoms with Gasteiger partial charge in [0.15, 0.2) is 11.7 Å². The van der Waals surface area contributed by atoms with Crippen LogP contribution in [0.3, 0.4) is 0 Å². The molecule has 6 rings (SSSR count). The largest absolute Gasteiger partial charge is 0.484 e. The van der Waals surface area contributed by atoms with Gasteiger partial charge >= 0.3 is 5.97 Å². The number of methoxy groups -OCH3 is 1. The molecule has 3 aromatic carbocycles. The van der Waals surface area contributed by atoms with Gasteiger partial charge in [-0.3, -0.25) is 9.78 Å². The van der Waals surface area contributed by atoms with E-state index in [2.05, 4.69) is 31.2 Å². The third-order valence-electron chi connectivity index (χ3n) is 7.98. The highest BCUT2D eigenvalue weighted by Gasteiger charge is 2.42. The number of esters is 1. The second kappa shape index (κ2) is 13.3. The molecule has 0 unspecified atom stereocenters. The summed E-state index contributed by atoms with van der Waals surface area (Å²) in [5.74, 6) is -0.0346. The Hall–Kier alpha value is -5.48. The summed E-state index contributed by atoms with van der Waals surface area (Å²) in [6.45, 7) is 3.96. The Morgan fingerprint density at radius 2 is 1.65 bits per heavy atom. The molecule has 10 heteroatoms. The summed E-state index contributed by atoms with van der Waals surface area (Å²) in [5, 5.41) is 6.95. The Morgan fingerprint density at radius 3 is 2.37 bits per heavy atom. The van der Waals surface area contributed by atoms with Crippen molar-refractivity contribution >= 4 is 40.6 Å². The monoisotopic (exact) mass is 631 g/mol. The van der Waals surface area contributed by atoms with Gasteiger partial charge in [0, 0.05) is 29.0 Å². The van der Waals surface area contributed by atoms with Gasteiger partial charge < -0.3 is 29.6 Å². The maximum Gasteiger partial charge on any atom is 0.339 e. The maximum absolute atomic E-state index is 12.7. The minimum absolute atomic E-state index is 0.103. The standard InChI is InChI=1S/C36H33N5O4S/c1-23-21-29(24(2)40(23)31-15-8-7-13-28(31)35(43)44-3)34-33(30-14-9-10-20-37-30)39-36(46)41(34)26-18-16-25(17-19-26)38-32(42)22-45-27-11-5-4-6-12-27/h4-21,33-34H,22H2,1-3H3,(H,38,42)(H,39,46)/t33-,34+/m0/s1. The number of benzene rings is 3. The first-order chi connectivity index (χ1) is 22.4. The fourth-order valence-electron chi connectivity index (χ4n) is 5.93. The highest BCUT2D eigenvalue weighted by molar-refractivity contribution is 7.80. The minimum Gasteiger partial charge on any atom is -0.484 e. The van der Waals surface area contributed by atoms with E-state index in [1.54, 1.807) is 24.4 Å². The fourth-order valence-corrected chi connectivity index (χ4v) is 6.27. The molecule has 0 spiro atoms. The normalized spacial score (nSPS) is 15.7. The minimum atomic E-state index is -0.403. The number of anilines is 2. The second-order valence-corrected chi connectivity index (χ2v) is 11.3. The van der Waals surface area contributed by atoms with Crippen molar-refractivity contribution in [2.24, 2.45) is 0 Å². The van der Waals surface area contributed by atoms with Crippen LogP contribution in [0.15, 0.2) is 109 Å². The Morgan fingerprint density at radius 1 is 0.935 bits per heavy atom. The van der Waals surface area contributed by atoms with Crippen LogP contribution in [0.2, 0.25) is 0 Å². The molecule has 0 aliphatic carbocycles. The van der Waals surface area contributed by atoms with Gasteiger partial charge in [-0.2, -0.15) is 0 Å². The zero-order valence-electron chi connectivity index (χ0n) is 25.6. The Balaban J connectivity index is 1.33. The summed E-state index contributed by atoms with van der Waals surface area (Å²) < 4.78 is 12.7. The van der Waals surface area contributed by atoms with E-state index in [4.69, 9.17) is 21.7 Å². The van der Waals surface area contributed by atoms with E-state index in [0.717, 1.165) is 34.0 Å². The first-order valence-corrected chi connectivity index (χ1v) is 15.2. The van der Waals surface area contributed by atoms with E-state index < -0.39 is 5.97 Å². The average molecular weight is 632 g/mol. The first kappa shape index (κ1) is 30.5. The number of para-hydroxylation sites is 2. The second-order valence-electron chi connectivity index (χ2n) is 10.9. The van der Waals surface area contributed by atoms with Crippen LogP contribution in [0, 0.1) is 13.8 Å². The Bertz CT molecular complexity index is 1880. The number of nitrogens with zero attached hydrogens (tertiary/aromatic N) is 3. The molecule has 2 atom stereocenters. The molecule has 1 aliphatic rings. The molecule has 1 saturated heterocycles. The number of aromatic nitrogens is 2. The average Bonchev–Trinajstić information content (AvgIpc) is 3.58. The number of nitrogens with one attached hydrogen (secondary N) is 2. The molecular weight excluding hydrogens is 598 g/mol. The number of amides is 1. The van der Waals surface area contributed by atoms with E-state index in [1.165, 1.54) is 7.11 Å². The molecule has 0 radical (unpaired) electrons. The Kier molecular flexibility index (Phi) is 8.80. The zero-order chi connectivity index (χ0) is 32.2. The summed E-state index contributed by atoms with van der Waals surface area (Å²) in [7, 11) is 1.38. The van der Waals surface area contributed by atoms with Crippen molar-refractivity contribution in [1.82, 2.24) is 14.9 Å². The van der Waals surface area contributed by atoms with Crippen molar-refractivity contribution < 1.29 is 19.1 Å². The molecule has 3 heterocycles. The zero-order valence-corrected chi connectivity index (χ0v) is 26.5. The van der Waals surface area contributed by atoms with E-state index in [-0.39, 0.29) is 24.6 Å². The first-order valence-electron chi connectivity index (χ1n) is 14.8. The van der Waals surface area contributed by atoms with Gasteiger partial charge in [0.2, 0.25) is 0 Å². The van der Waals surface area contributed by atoms with Crippen LogP contribution in [-0.2, 0) is 9.53 Å². The molecule has 5 aromatic rings. The molecule has 46 heavy (non-hydrogen) atoms. The van der Waals surface area contributed by atoms with Gasteiger partial charge in [0.1, 0.15) is 5.75 Å². The molecule has 2 N–H and O–H groups in total. The van der Waals surface area contributed by atoms with E-state index >= 15 is 0 Å². The number of thiocarbonyl (C=S) groups is 1. The predicted molar refractivity (Wildman–Crippen MR) is 182 cm³/mol. The number of aryl methyl sites for hydroxylation is 1. The molecular formula is C36H33N5O4S. The van der Waals surface area contributed by atoms with Gasteiger partial charge in [-0.15, -0.1) is 0 Å². The highest BCUT2D eigenvalue weighted by atomic mass is 32.1.